The molecule has 18 heavy (non-hydrogen) atoms. The van der Waals surface area contributed by atoms with Crippen LogP contribution < -0.4 is 5.32 Å². The summed E-state index contributed by atoms with van der Waals surface area (Å²) < 4.78 is 5.21. The maximum Gasteiger partial charge on any atom is 0.433 e. The molecule has 0 bridgehead atoms. The predicted molar refractivity (Wildman–Crippen MR) is 67.3 cm³/mol. The minimum absolute atomic E-state index is 0.178. The average Bonchev–Trinajstić information content (AvgIpc) is 2.86. The first-order valence-electron chi connectivity index (χ1n) is 6.38. The lowest BCUT2D eigenvalue weighted by molar-refractivity contribution is -0.402. The smallest absolute Gasteiger partial charge is 0.404 e. The fourth-order valence-electron chi connectivity index (χ4n) is 2.39. The summed E-state index contributed by atoms with van der Waals surface area (Å²) in [7, 11) is 0. The molecule has 1 unspecified atom stereocenters. The van der Waals surface area contributed by atoms with Crippen molar-refractivity contribution in [2.75, 3.05) is 19.6 Å². The third-order valence-corrected chi connectivity index (χ3v) is 3.38. The SMILES string of the molecule is CCN(Cc1ccc([N+](=O)[O-])o1)C1CCCNC1. The molecule has 1 saturated heterocycles. The molecule has 2 heterocycles. The van der Waals surface area contributed by atoms with Gasteiger partial charge in [-0.05, 0) is 32.0 Å². The number of hydrogen-bond acceptors (Lipinski definition) is 5. The minimum atomic E-state index is -0.498. The molecule has 1 aromatic rings. The third-order valence-electron chi connectivity index (χ3n) is 3.38. The van der Waals surface area contributed by atoms with Crippen LogP contribution in [-0.2, 0) is 6.54 Å². The van der Waals surface area contributed by atoms with Gasteiger partial charge in [0.25, 0.3) is 0 Å². The largest absolute Gasteiger partial charge is 0.433 e. The first-order valence-corrected chi connectivity index (χ1v) is 6.38. The van der Waals surface area contributed by atoms with Crippen molar-refractivity contribution in [1.82, 2.24) is 10.2 Å². The van der Waals surface area contributed by atoms with Gasteiger partial charge in [0.1, 0.15) is 10.7 Å². The molecular weight excluding hydrogens is 234 g/mol. The monoisotopic (exact) mass is 253 g/mol. The number of furan rings is 1. The molecule has 6 heteroatoms. The number of rotatable bonds is 5. The van der Waals surface area contributed by atoms with Crippen molar-refractivity contribution < 1.29 is 9.34 Å². The molecule has 0 amide bonds. The van der Waals surface area contributed by atoms with Crippen LogP contribution in [0.15, 0.2) is 16.5 Å². The van der Waals surface area contributed by atoms with Crippen molar-refractivity contribution in [2.45, 2.75) is 32.4 Å². The van der Waals surface area contributed by atoms with Gasteiger partial charge in [0, 0.05) is 12.6 Å². The highest BCUT2D eigenvalue weighted by Gasteiger charge is 2.21. The van der Waals surface area contributed by atoms with Crippen LogP contribution in [0.3, 0.4) is 0 Å². The van der Waals surface area contributed by atoms with Gasteiger partial charge in [0.05, 0.1) is 12.6 Å². The molecule has 6 nitrogen and oxygen atoms in total. The topological polar surface area (TPSA) is 71.5 Å². The fraction of sp³-hybridized carbons (Fsp3) is 0.667. The Bertz CT molecular complexity index is 399. The molecule has 1 N–H and O–H groups in total. The van der Waals surface area contributed by atoms with Gasteiger partial charge in [-0.25, -0.2) is 0 Å². The van der Waals surface area contributed by atoms with Gasteiger partial charge >= 0.3 is 5.88 Å². The van der Waals surface area contributed by atoms with E-state index in [2.05, 4.69) is 17.1 Å². The summed E-state index contributed by atoms with van der Waals surface area (Å²) in [4.78, 5) is 12.4. The predicted octanol–water partition coefficient (Wildman–Crippen LogP) is 1.76. The van der Waals surface area contributed by atoms with E-state index in [0.717, 1.165) is 19.6 Å². The summed E-state index contributed by atoms with van der Waals surface area (Å²) in [6, 6.07) is 3.60. The number of nitrogens with one attached hydrogen (secondary N) is 1. The Morgan fingerprint density at radius 3 is 3.00 bits per heavy atom. The van der Waals surface area contributed by atoms with Gasteiger partial charge in [-0.1, -0.05) is 6.92 Å². The van der Waals surface area contributed by atoms with Gasteiger partial charge < -0.3 is 9.73 Å². The molecule has 1 aromatic heterocycles. The van der Waals surface area contributed by atoms with Crippen LogP contribution in [-0.4, -0.2) is 35.5 Å². The zero-order valence-electron chi connectivity index (χ0n) is 10.6. The molecule has 1 aliphatic rings. The van der Waals surface area contributed by atoms with E-state index >= 15 is 0 Å². The molecule has 0 spiro atoms. The summed E-state index contributed by atoms with van der Waals surface area (Å²) >= 11 is 0. The summed E-state index contributed by atoms with van der Waals surface area (Å²) in [5.74, 6) is 0.483. The van der Waals surface area contributed by atoms with E-state index in [-0.39, 0.29) is 5.88 Å². The number of nitrogens with zero attached hydrogens (tertiary/aromatic N) is 2. The first-order chi connectivity index (χ1) is 8.70. The second kappa shape index (κ2) is 5.97. The first kappa shape index (κ1) is 13.0. The number of nitro groups is 1. The van der Waals surface area contributed by atoms with Crippen LogP contribution in [0.25, 0.3) is 0 Å². The van der Waals surface area contributed by atoms with E-state index in [1.165, 1.54) is 18.9 Å². The molecule has 1 aliphatic heterocycles. The Morgan fingerprint density at radius 2 is 2.44 bits per heavy atom. The molecule has 2 rings (SSSR count). The van der Waals surface area contributed by atoms with Crippen molar-refractivity contribution in [3.05, 3.63) is 28.0 Å². The number of piperidine rings is 1. The van der Waals surface area contributed by atoms with E-state index in [1.54, 1.807) is 6.07 Å². The molecule has 1 fully saturated rings. The summed E-state index contributed by atoms with van der Waals surface area (Å²) in [5.41, 5.74) is 0. The van der Waals surface area contributed by atoms with Crippen molar-refractivity contribution >= 4 is 5.88 Å². The summed E-state index contributed by atoms with van der Waals surface area (Å²) in [6.07, 6.45) is 2.35. The summed E-state index contributed by atoms with van der Waals surface area (Å²) in [5, 5.41) is 13.9. The van der Waals surface area contributed by atoms with E-state index in [1.807, 2.05) is 0 Å². The molecule has 100 valence electrons. The standard InChI is InChI=1S/C12H19N3O3/c1-2-14(10-4-3-7-13-8-10)9-11-5-6-12(18-11)15(16)17/h5-6,10,13H,2-4,7-9H2,1H3. The highest BCUT2D eigenvalue weighted by molar-refractivity contribution is 5.17. The van der Waals surface area contributed by atoms with Crippen LogP contribution in [0.5, 0.6) is 0 Å². The van der Waals surface area contributed by atoms with E-state index in [4.69, 9.17) is 4.42 Å². The van der Waals surface area contributed by atoms with Crippen LogP contribution in [0.1, 0.15) is 25.5 Å². The summed E-state index contributed by atoms with van der Waals surface area (Å²) in [6.45, 7) is 5.72. The van der Waals surface area contributed by atoms with Crippen LogP contribution in [0.4, 0.5) is 5.88 Å². The van der Waals surface area contributed by atoms with Crippen LogP contribution in [0, 0.1) is 10.1 Å². The molecule has 1 atom stereocenters. The molecular formula is C12H19N3O3. The highest BCUT2D eigenvalue weighted by Crippen LogP contribution is 2.19. The van der Waals surface area contributed by atoms with Crippen LogP contribution in [0.2, 0.25) is 0 Å². The lowest BCUT2D eigenvalue weighted by atomic mass is 10.1. The maximum atomic E-state index is 10.6. The molecule has 0 aliphatic carbocycles. The zero-order valence-corrected chi connectivity index (χ0v) is 10.6. The molecule has 0 saturated carbocycles. The lowest BCUT2D eigenvalue weighted by Crippen LogP contribution is -2.45. The van der Waals surface area contributed by atoms with Crippen molar-refractivity contribution in [1.29, 1.82) is 0 Å². The van der Waals surface area contributed by atoms with Gasteiger partial charge in [-0.15, -0.1) is 0 Å². The molecule has 0 aromatic carbocycles. The Hall–Kier alpha value is -1.40. The van der Waals surface area contributed by atoms with Gasteiger partial charge in [-0.3, -0.25) is 15.0 Å². The number of likely N-dealkylation sites (N-methyl/N-ethyl adjacent to an activating group) is 1. The normalized spacial score (nSPS) is 20.2. The fourth-order valence-corrected chi connectivity index (χ4v) is 2.39. The van der Waals surface area contributed by atoms with Gasteiger partial charge in [0.15, 0.2) is 0 Å². The Balaban J connectivity index is 1.97. The van der Waals surface area contributed by atoms with Crippen molar-refractivity contribution in [3.8, 4) is 0 Å². The second-order valence-electron chi connectivity index (χ2n) is 4.56. The maximum absolute atomic E-state index is 10.6. The van der Waals surface area contributed by atoms with Crippen LogP contribution >= 0.6 is 0 Å². The highest BCUT2D eigenvalue weighted by atomic mass is 16.6. The van der Waals surface area contributed by atoms with Crippen molar-refractivity contribution in [3.63, 3.8) is 0 Å². The quantitative estimate of drug-likeness (QED) is 0.639. The lowest BCUT2D eigenvalue weighted by Gasteiger charge is -2.33. The Kier molecular flexibility index (Phi) is 4.33. The van der Waals surface area contributed by atoms with E-state index in [9.17, 15) is 10.1 Å². The van der Waals surface area contributed by atoms with E-state index in [0.29, 0.717) is 18.3 Å². The Morgan fingerprint density at radius 1 is 1.61 bits per heavy atom. The Labute approximate surface area is 106 Å². The third kappa shape index (κ3) is 3.08. The van der Waals surface area contributed by atoms with Gasteiger partial charge in [0.2, 0.25) is 0 Å². The van der Waals surface area contributed by atoms with Crippen molar-refractivity contribution in [2.24, 2.45) is 0 Å². The minimum Gasteiger partial charge on any atom is -0.404 e. The average molecular weight is 253 g/mol. The second-order valence-corrected chi connectivity index (χ2v) is 4.56. The number of hydrogen-bond donors (Lipinski definition) is 1. The van der Waals surface area contributed by atoms with E-state index < -0.39 is 4.92 Å². The van der Waals surface area contributed by atoms with Gasteiger partial charge in [-0.2, -0.15) is 0 Å². The zero-order chi connectivity index (χ0) is 13.0. The molecule has 0 radical (unpaired) electrons.